The SMILES string of the molecule is CCOC(=O)C1(CC)CCC(NNC(=O)O)CC1. The van der Waals surface area contributed by atoms with Crippen LogP contribution >= 0.6 is 0 Å². The Bertz CT molecular complexity index is 298. The van der Waals surface area contributed by atoms with E-state index in [1.54, 1.807) is 0 Å². The molecular weight excluding hydrogens is 236 g/mol. The fourth-order valence-corrected chi connectivity index (χ4v) is 2.46. The molecule has 0 bridgehead atoms. The van der Waals surface area contributed by atoms with E-state index in [-0.39, 0.29) is 17.4 Å². The second-order valence-electron chi connectivity index (χ2n) is 4.70. The zero-order chi connectivity index (χ0) is 13.6. The molecule has 104 valence electrons. The predicted octanol–water partition coefficient (Wildman–Crippen LogP) is 1.66. The highest BCUT2D eigenvalue weighted by molar-refractivity contribution is 5.76. The van der Waals surface area contributed by atoms with Gasteiger partial charge in [-0.1, -0.05) is 6.92 Å². The Morgan fingerprint density at radius 2 is 1.94 bits per heavy atom. The molecule has 1 aliphatic rings. The van der Waals surface area contributed by atoms with Crippen molar-refractivity contribution in [2.24, 2.45) is 5.41 Å². The maximum Gasteiger partial charge on any atom is 0.419 e. The fourth-order valence-electron chi connectivity index (χ4n) is 2.46. The lowest BCUT2D eigenvalue weighted by Gasteiger charge is -2.37. The number of hydrogen-bond acceptors (Lipinski definition) is 4. The minimum absolute atomic E-state index is 0.0928. The monoisotopic (exact) mass is 258 g/mol. The van der Waals surface area contributed by atoms with E-state index in [2.05, 4.69) is 10.9 Å². The third-order valence-electron chi connectivity index (χ3n) is 3.71. The van der Waals surface area contributed by atoms with Crippen molar-refractivity contribution in [3.63, 3.8) is 0 Å². The van der Waals surface area contributed by atoms with Crippen molar-refractivity contribution in [3.8, 4) is 0 Å². The van der Waals surface area contributed by atoms with Gasteiger partial charge in [0.25, 0.3) is 0 Å². The van der Waals surface area contributed by atoms with E-state index < -0.39 is 6.09 Å². The van der Waals surface area contributed by atoms with Gasteiger partial charge in [-0.05, 0) is 39.0 Å². The third-order valence-corrected chi connectivity index (χ3v) is 3.71. The van der Waals surface area contributed by atoms with E-state index in [1.165, 1.54) is 0 Å². The van der Waals surface area contributed by atoms with E-state index in [9.17, 15) is 9.59 Å². The molecule has 0 heterocycles. The van der Waals surface area contributed by atoms with Gasteiger partial charge in [-0.2, -0.15) is 0 Å². The summed E-state index contributed by atoms with van der Waals surface area (Å²) in [4.78, 5) is 22.3. The normalized spacial score (nSPS) is 27.6. The highest BCUT2D eigenvalue weighted by Gasteiger charge is 2.41. The van der Waals surface area contributed by atoms with Crippen LogP contribution in [0.4, 0.5) is 4.79 Å². The maximum absolute atomic E-state index is 12.0. The van der Waals surface area contributed by atoms with E-state index in [0.29, 0.717) is 6.61 Å². The first-order chi connectivity index (χ1) is 8.54. The van der Waals surface area contributed by atoms with Crippen LogP contribution in [-0.4, -0.2) is 29.8 Å². The fraction of sp³-hybridized carbons (Fsp3) is 0.833. The minimum atomic E-state index is -1.09. The summed E-state index contributed by atoms with van der Waals surface area (Å²) in [5, 5.41) is 8.50. The number of amides is 1. The number of carboxylic acid groups (broad SMARTS) is 1. The summed E-state index contributed by atoms with van der Waals surface area (Å²) in [6.07, 6.45) is 2.70. The van der Waals surface area contributed by atoms with Crippen LogP contribution in [0.1, 0.15) is 46.0 Å². The molecule has 6 heteroatoms. The Hall–Kier alpha value is -1.30. The zero-order valence-corrected chi connectivity index (χ0v) is 11.0. The molecule has 0 aromatic heterocycles. The predicted molar refractivity (Wildman–Crippen MR) is 65.9 cm³/mol. The van der Waals surface area contributed by atoms with Crippen LogP contribution in [0.2, 0.25) is 0 Å². The van der Waals surface area contributed by atoms with Gasteiger partial charge < -0.3 is 9.84 Å². The Balaban J connectivity index is 2.48. The van der Waals surface area contributed by atoms with Crippen LogP contribution in [0.3, 0.4) is 0 Å². The molecule has 0 aromatic carbocycles. The molecule has 1 amide bonds. The molecule has 1 fully saturated rings. The van der Waals surface area contributed by atoms with E-state index in [4.69, 9.17) is 9.84 Å². The van der Waals surface area contributed by atoms with Gasteiger partial charge in [0.1, 0.15) is 0 Å². The standard InChI is InChI=1S/C12H22N2O4/c1-3-12(10(15)18-4-2)7-5-9(6-8-12)13-14-11(16)17/h9,13-14H,3-8H2,1-2H3,(H,16,17). The summed E-state index contributed by atoms with van der Waals surface area (Å²) in [5.41, 5.74) is 4.54. The molecule has 0 saturated heterocycles. The largest absolute Gasteiger partial charge is 0.466 e. The third kappa shape index (κ3) is 3.60. The number of rotatable bonds is 5. The summed E-state index contributed by atoms with van der Waals surface area (Å²) in [5.74, 6) is -0.114. The molecule has 0 unspecified atom stereocenters. The Morgan fingerprint density at radius 3 is 2.39 bits per heavy atom. The van der Waals surface area contributed by atoms with Crippen LogP contribution in [0, 0.1) is 5.41 Å². The molecule has 0 atom stereocenters. The van der Waals surface area contributed by atoms with Crippen LogP contribution in [0.25, 0.3) is 0 Å². The number of esters is 1. The van der Waals surface area contributed by atoms with E-state index in [1.807, 2.05) is 13.8 Å². The van der Waals surface area contributed by atoms with Crippen molar-refractivity contribution >= 4 is 12.1 Å². The van der Waals surface area contributed by atoms with Gasteiger partial charge in [-0.25, -0.2) is 10.2 Å². The number of nitrogens with one attached hydrogen (secondary N) is 2. The van der Waals surface area contributed by atoms with Crippen LogP contribution in [-0.2, 0) is 9.53 Å². The van der Waals surface area contributed by atoms with Gasteiger partial charge in [0.05, 0.1) is 12.0 Å². The smallest absolute Gasteiger partial charge is 0.419 e. The van der Waals surface area contributed by atoms with Crippen molar-refractivity contribution in [2.75, 3.05) is 6.61 Å². The number of carbonyl (C=O) groups excluding carboxylic acids is 1. The van der Waals surface area contributed by atoms with Gasteiger partial charge in [-0.3, -0.25) is 10.2 Å². The second-order valence-corrected chi connectivity index (χ2v) is 4.70. The lowest BCUT2D eigenvalue weighted by molar-refractivity contribution is -0.158. The molecule has 6 nitrogen and oxygen atoms in total. The molecule has 0 radical (unpaired) electrons. The zero-order valence-electron chi connectivity index (χ0n) is 11.0. The van der Waals surface area contributed by atoms with Crippen LogP contribution < -0.4 is 10.9 Å². The number of hydrazine groups is 1. The molecule has 3 N–H and O–H groups in total. The highest BCUT2D eigenvalue weighted by Crippen LogP contribution is 2.40. The molecule has 0 aromatic rings. The Labute approximate surface area is 107 Å². The average Bonchev–Trinajstić information content (AvgIpc) is 2.37. The summed E-state index contributed by atoms with van der Waals surface area (Å²) in [7, 11) is 0. The van der Waals surface area contributed by atoms with E-state index >= 15 is 0 Å². The Morgan fingerprint density at radius 1 is 1.33 bits per heavy atom. The van der Waals surface area contributed by atoms with Gasteiger partial charge in [0, 0.05) is 6.04 Å². The van der Waals surface area contributed by atoms with Crippen molar-refractivity contribution in [1.82, 2.24) is 10.9 Å². The first-order valence-corrected chi connectivity index (χ1v) is 6.45. The van der Waals surface area contributed by atoms with E-state index in [0.717, 1.165) is 32.1 Å². The molecule has 0 aliphatic heterocycles. The number of carbonyl (C=O) groups is 2. The van der Waals surface area contributed by atoms with Gasteiger partial charge in [0.15, 0.2) is 0 Å². The van der Waals surface area contributed by atoms with Gasteiger partial charge in [-0.15, -0.1) is 0 Å². The number of hydrogen-bond donors (Lipinski definition) is 3. The maximum atomic E-state index is 12.0. The molecule has 0 spiro atoms. The van der Waals surface area contributed by atoms with Crippen LogP contribution in [0.5, 0.6) is 0 Å². The molecule has 1 rings (SSSR count). The summed E-state index contributed by atoms with van der Waals surface area (Å²) >= 11 is 0. The lowest BCUT2D eigenvalue weighted by Crippen LogP contribution is -2.48. The van der Waals surface area contributed by atoms with Crippen molar-refractivity contribution in [1.29, 1.82) is 0 Å². The van der Waals surface area contributed by atoms with Crippen LogP contribution in [0.15, 0.2) is 0 Å². The first kappa shape index (κ1) is 14.8. The van der Waals surface area contributed by atoms with Crippen molar-refractivity contribution in [3.05, 3.63) is 0 Å². The molecule has 1 aliphatic carbocycles. The molecule has 1 saturated carbocycles. The number of ether oxygens (including phenoxy) is 1. The average molecular weight is 258 g/mol. The summed E-state index contributed by atoms with van der Waals surface area (Å²) < 4.78 is 5.14. The Kier molecular flexibility index (Phi) is 5.40. The lowest BCUT2D eigenvalue weighted by atomic mass is 9.71. The molecule has 18 heavy (non-hydrogen) atoms. The quantitative estimate of drug-likeness (QED) is 0.515. The van der Waals surface area contributed by atoms with Gasteiger partial charge >= 0.3 is 12.1 Å². The summed E-state index contributed by atoms with van der Waals surface area (Å²) in [6, 6.07) is 0.0928. The summed E-state index contributed by atoms with van der Waals surface area (Å²) in [6.45, 7) is 4.22. The first-order valence-electron chi connectivity index (χ1n) is 6.45. The highest BCUT2D eigenvalue weighted by atomic mass is 16.5. The van der Waals surface area contributed by atoms with Crippen molar-refractivity contribution < 1.29 is 19.4 Å². The second kappa shape index (κ2) is 6.58. The van der Waals surface area contributed by atoms with Crippen molar-refractivity contribution in [2.45, 2.75) is 52.0 Å². The van der Waals surface area contributed by atoms with Gasteiger partial charge in [0.2, 0.25) is 0 Å². The topological polar surface area (TPSA) is 87.7 Å². The molecular formula is C12H22N2O4. The minimum Gasteiger partial charge on any atom is -0.466 e.